The van der Waals surface area contributed by atoms with E-state index in [9.17, 15) is 9.90 Å². The maximum atomic E-state index is 12.6. The number of nitrogens with two attached hydrogens (primary N) is 2. The lowest BCUT2D eigenvalue weighted by Crippen LogP contribution is -2.35. The fourth-order valence-corrected chi connectivity index (χ4v) is 6.03. The van der Waals surface area contributed by atoms with Gasteiger partial charge in [0.25, 0.3) is 0 Å². The van der Waals surface area contributed by atoms with Crippen molar-refractivity contribution in [2.75, 3.05) is 7.11 Å². The first-order chi connectivity index (χ1) is 18.9. The summed E-state index contributed by atoms with van der Waals surface area (Å²) in [6.07, 6.45) is 16.7. The second-order valence-electron chi connectivity index (χ2n) is 11.0. The van der Waals surface area contributed by atoms with Gasteiger partial charge in [-0.15, -0.1) is 0 Å². The summed E-state index contributed by atoms with van der Waals surface area (Å²) >= 11 is 0. The Hall–Kier alpha value is -3.24. The van der Waals surface area contributed by atoms with Crippen molar-refractivity contribution < 1.29 is 19.4 Å². The summed E-state index contributed by atoms with van der Waals surface area (Å²) in [7, 11) is 1.71. The molecular formula is C32H43N3O4. The molecule has 1 fully saturated rings. The summed E-state index contributed by atoms with van der Waals surface area (Å²) in [5.41, 5.74) is 14.0. The average molecular weight is 534 g/mol. The third kappa shape index (κ3) is 7.45. The van der Waals surface area contributed by atoms with E-state index in [-0.39, 0.29) is 47.6 Å². The number of carbonyl (C=O) groups excluding carboxylic acids is 1. The number of hydrogen-bond donors (Lipinski definition) is 3. The van der Waals surface area contributed by atoms with E-state index in [1.165, 1.54) is 0 Å². The Bertz CT molecular complexity index is 1170. The zero-order chi connectivity index (χ0) is 27.8. The average Bonchev–Trinajstić information content (AvgIpc) is 3.43. The van der Waals surface area contributed by atoms with Crippen LogP contribution in [0.2, 0.25) is 0 Å². The first-order valence-corrected chi connectivity index (χ1v) is 14.4. The quantitative estimate of drug-likeness (QED) is 0.132. The van der Waals surface area contributed by atoms with Crippen LogP contribution in [0.1, 0.15) is 81.4 Å². The summed E-state index contributed by atoms with van der Waals surface area (Å²) in [4.78, 5) is 17.1. The number of methoxy groups -OCH3 is 1. The van der Waals surface area contributed by atoms with E-state index >= 15 is 0 Å². The molecule has 1 aromatic rings. The number of ether oxygens (including phenoxy) is 2. The highest BCUT2D eigenvalue weighted by Gasteiger charge is 2.34. The molecule has 4 rings (SSSR count). The largest absolute Gasteiger partial charge is 0.504 e. The molecule has 210 valence electrons. The van der Waals surface area contributed by atoms with Crippen molar-refractivity contribution in [2.24, 2.45) is 28.3 Å². The number of phenolic OH excluding ortho intramolecular Hbond substituents is 1. The third-order valence-electron chi connectivity index (χ3n) is 8.10. The van der Waals surface area contributed by atoms with Gasteiger partial charge in [0.2, 0.25) is 0 Å². The second-order valence-corrected chi connectivity index (χ2v) is 11.0. The maximum Gasteiger partial charge on any atom is 0.186 e. The van der Waals surface area contributed by atoms with Gasteiger partial charge < -0.3 is 26.0 Å². The number of carbonyl (C=O) groups is 1. The molecule has 4 atom stereocenters. The highest BCUT2D eigenvalue weighted by molar-refractivity contribution is 5.89. The minimum absolute atomic E-state index is 0.0553. The van der Waals surface area contributed by atoms with Gasteiger partial charge in [0.15, 0.2) is 23.2 Å². The number of aromatic hydroxyl groups is 1. The Morgan fingerprint density at radius 3 is 2.77 bits per heavy atom. The van der Waals surface area contributed by atoms with Crippen LogP contribution in [0.3, 0.4) is 0 Å². The Morgan fingerprint density at radius 2 is 2.05 bits per heavy atom. The minimum Gasteiger partial charge on any atom is -0.504 e. The van der Waals surface area contributed by atoms with Gasteiger partial charge in [-0.25, -0.2) is 4.99 Å². The summed E-state index contributed by atoms with van der Waals surface area (Å²) in [5, 5.41) is 11.6. The molecule has 7 nitrogen and oxygen atoms in total. The van der Waals surface area contributed by atoms with E-state index in [0.717, 1.165) is 61.6 Å². The van der Waals surface area contributed by atoms with Crippen LogP contribution in [-0.2, 0) is 22.4 Å². The molecule has 7 heteroatoms. The summed E-state index contributed by atoms with van der Waals surface area (Å²) in [6, 6.07) is 1.74. The number of rotatable bonds is 10. The lowest BCUT2D eigenvalue weighted by Gasteiger charge is -2.34. The van der Waals surface area contributed by atoms with Crippen LogP contribution in [0.15, 0.2) is 35.4 Å². The van der Waals surface area contributed by atoms with Crippen molar-refractivity contribution in [1.29, 1.82) is 0 Å². The summed E-state index contributed by atoms with van der Waals surface area (Å²) < 4.78 is 12.2. The molecule has 39 heavy (non-hydrogen) atoms. The van der Waals surface area contributed by atoms with E-state index in [0.29, 0.717) is 31.4 Å². The van der Waals surface area contributed by atoms with Gasteiger partial charge >= 0.3 is 0 Å². The Kier molecular flexibility index (Phi) is 10.1. The topological polar surface area (TPSA) is 120 Å². The number of aryl methyl sites for hydroxylation is 1. The second kappa shape index (κ2) is 13.7. The first kappa shape index (κ1) is 28.8. The van der Waals surface area contributed by atoms with Gasteiger partial charge in [-0.05, 0) is 75.0 Å². The van der Waals surface area contributed by atoms with Gasteiger partial charge in [-0.1, -0.05) is 43.4 Å². The number of phenols is 1. The highest BCUT2D eigenvalue weighted by atomic mass is 16.5. The molecule has 0 aromatic heterocycles. The third-order valence-corrected chi connectivity index (χ3v) is 8.10. The molecule has 0 radical (unpaired) electrons. The minimum atomic E-state index is -0.159. The molecule has 1 aromatic carbocycles. The van der Waals surface area contributed by atoms with Crippen LogP contribution in [-0.4, -0.2) is 42.2 Å². The van der Waals surface area contributed by atoms with Crippen molar-refractivity contribution in [3.8, 4) is 23.3 Å². The molecule has 5 N–H and O–H groups in total. The van der Waals surface area contributed by atoms with E-state index in [2.05, 4.69) is 35.9 Å². The standard InChI is InChI=1S/C32H43N3O4/c1-3-4-5-9-24(36)16-14-21-20-30(39-25-10-6-7-11-25)31(37)27-19-23-18-22(15-17-29(23)38-2)28(35-32(33)34)13-8-12-26(21)27/h5,9,15,17,20,22-23,25,28-29,37H,3-4,6-7,10-11,13-14,16,18-19H2,1-2H3,(H4,33,34,35). The van der Waals surface area contributed by atoms with Crippen LogP contribution in [0.25, 0.3) is 0 Å². The van der Waals surface area contributed by atoms with Crippen molar-refractivity contribution in [1.82, 2.24) is 0 Å². The number of unbranched alkanes of at least 4 members (excludes halogenated alkanes) is 1. The fourth-order valence-electron chi connectivity index (χ4n) is 6.03. The Balaban J connectivity index is 1.76. The summed E-state index contributed by atoms with van der Waals surface area (Å²) in [6.45, 7) is 2.09. The number of benzene rings is 1. The van der Waals surface area contributed by atoms with Gasteiger partial charge in [0, 0.05) is 37.0 Å². The van der Waals surface area contributed by atoms with E-state index in [1.54, 1.807) is 13.2 Å². The Morgan fingerprint density at radius 1 is 1.26 bits per heavy atom. The predicted molar refractivity (Wildman–Crippen MR) is 155 cm³/mol. The molecule has 2 bridgehead atoms. The molecule has 0 saturated heterocycles. The summed E-state index contributed by atoms with van der Waals surface area (Å²) in [5.74, 6) is 7.67. The molecule has 3 aliphatic rings. The van der Waals surface area contributed by atoms with Crippen LogP contribution in [0.5, 0.6) is 11.5 Å². The monoisotopic (exact) mass is 533 g/mol. The normalized spacial score (nSPS) is 24.6. The van der Waals surface area contributed by atoms with Crippen molar-refractivity contribution in [3.63, 3.8) is 0 Å². The molecule has 0 amide bonds. The number of aliphatic imine (C=N–C) groups is 1. The van der Waals surface area contributed by atoms with Crippen LogP contribution >= 0.6 is 0 Å². The number of ketones is 1. The molecule has 3 aliphatic carbocycles. The van der Waals surface area contributed by atoms with E-state index in [1.807, 2.05) is 12.1 Å². The number of fused-ring (bicyclic) bond motifs is 3. The predicted octanol–water partition coefficient (Wildman–Crippen LogP) is 4.72. The SMILES string of the molecule is CCCC=CC(=O)CCc1cc(OC2CCCC2)c(O)c2c1C#CCC(N=C(N)N)C1C=CC(OC)C(C2)C1. The zero-order valence-corrected chi connectivity index (χ0v) is 23.3. The molecule has 1 saturated carbocycles. The van der Waals surface area contributed by atoms with Gasteiger partial charge in [-0.3, -0.25) is 4.79 Å². The molecular weight excluding hydrogens is 490 g/mol. The van der Waals surface area contributed by atoms with E-state index < -0.39 is 0 Å². The number of hydrogen-bond acceptors (Lipinski definition) is 5. The maximum absolute atomic E-state index is 12.6. The smallest absolute Gasteiger partial charge is 0.186 e. The van der Waals surface area contributed by atoms with Crippen molar-refractivity contribution >= 4 is 11.7 Å². The molecule has 0 spiro atoms. The van der Waals surface area contributed by atoms with Crippen molar-refractivity contribution in [2.45, 2.75) is 95.8 Å². The lowest BCUT2D eigenvalue weighted by molar-refractivity contribution is -0.114. The van der Waals surface area contributed by atoms with Crippen molar-refractivity contribution in [3.05, 3.63) is 47.1 Å². The lowest BCUT2D eigenvalue weighted by atomic mass is 9.76. The first-order valence-electron chi connectivity index (χ1n) is 14.4. The number of allylic oxidation sites excluding steroid dienone is 2. The highest BCUT2D eigenvalue weighted by Crippen LogP contribution is 2.42. The number of guanidine groups is 1. The van der Waals surface area contributed by atoms with Crippen LogP contribution < -0.4 is 16.2 Å². The van der Waals surface area contributed by atoms with Gasteiger partial charge in [0.1, 0.15) is 0 Å². The molecule has 0 heterocycles. The van der Waals surface area contributed by atoms with Gasteiger partial charge in [-0.2, -0.15) is 0 Å². The van der Waals surface area contributed by atoms with E-state index in [4.69, 9.17) is 20.9 Å². The van der Waals surface area contributed by atoms with Crippen LogP contribution in [0.4, 0.5) is 0 Å². The van der Waals surface area contributed by atoms with Gasteiger partial charge in [0.05, 0.1) is 18.2 Å². The van der Waals surface area contributed by atoms with Crippen LogP contribution in [0, 0.1) is 23.7 Å². The fraction of sp³-hybridized carbons (Fsp3) is 0.562. The zero-order valence-electron chi connectivity index (χ0n) is 23.3. The molecule has 4 unspecified atom stereocenters. The molecule has 0 aliphatic heterocycles. The number of nitrogens with zero attached hydrogens (tertiary/aromatic N) is 1. The Labute approximate surface area is 232 Å².